The second kappa shape index (κ2) is 5.46. The first-order valence-electron chi connectivity index (χ1n) is 5.76. The topological polar surface area (TPSA) is 71.1 Å². The fraction of sp³-hybridized carbons (Fsp3) is 0.417. The summed E-state index contributed by atoms with van der Waals surface area (Å²) in [7, 11) is 0. The molecule has 1 heterocycles. The van der Waals surface area contributed by atoms with E-state index in [9.17, 15) is 0 Å². The van der Waals surface area contributed by atoms with Crippen LogP contribution in [-0.2, 0) is 4.74 Å². The van der Waals surface area contributed by atoms with Gasteiger partial charge in [-0.15, -0.1) is 0 Å². The molecule has 0 spiro atoms. The number of oxime groups is 1. The van der Waals surface area contributed by atoms with Gasteiger partial charge in [0.25, 0.3) is 0 Å². The molecule has 1 aliphatic heterocycles. The smallest absolute Gasteiger partial charge is 0.173 e. The minimum absolute atomic E-state index is 0.0225. The second-order valence-corrected chi connectivity index (χ2v) is 4.64. The Labute approximate surface area is 111 Å². The molecule has 1 fully saturated rings. The lowest BCUT2D eigenvalue weighted by atomic mass is 10.1. The summed E-state index contributed by atoms with van der Waals surface area (Å²) in [5.74, 6) is 0.0225. The van der Waals surface area contributed by atoms with Crippen molar-refractivity contribution in [3.05, 3.63) is 28.8 Å². The third kappa shape index (κ3) is 2.37. The quantitative estimate of drug-likeness (QED) is 0.371. The molecule has 0 saturated carbocycles. The zero-order valence-corrected chi connectivity index (χ0v) is 10.9. The monoisotopic (exact) mass is 269 g/mol. The average molecular weight is 270 g/mol. The zero-order chi connectivity index (χ0) is 13.1. The van der Waals surface area contributed by atoms with Crippen LogP contribution in [0.3, 0.4) is 0 Å². The number of rotatable bonds is 2. The highest BCUT2D eigenvalue weighted by Gasteiger charge is 2.23. The molecule has 0 bridgehead atoms. The second-order valence-electron chi connectivity index (χ2n) is 4.24. The van der Waals surface area contributed by atoms with Crippen LogP contribution in [0.25, 0.3) is 0 Å². The van der Waals surface area contributed by atoms with Gasteiger partial charge in [-0.3, -0.25) is 0 Å². The molecule has 1 aromatic carbocycles. The van der Waals surface area contributed by atoms with E-state index in [1.54, 1.807) is 6.07 Å². The zero-order valence-electron chi connectivity index (χ0n) is 10.1. The number of ether oxygens (including phenoxy) is 1. The van der Waals surface area contributed by atoms with Gasteiger partial charge in [-0.2, -0.15) is 0 Å². The predicted molar refractivity (Wildman–Crippen MR) is 71.6 cm³/mol. The Kier molecular flexibility index (Phi) is 3.93. The van der Waals surface area contributed by atoms with Crippen molar-refractivity contribution in [3.63, 3.8) is 0 Å². The molecule has 0 radical (unpaired) electrons. The van der Waals surface area contributed by atoms with Crippen LogP contribution >= 0.6 is 11.6 Å². The van der Waals surface area contributed by atoms with E-state index in [4.69, 9.17) is 27.3 Å². The Morgan fingerprint density at radius 3 is 3.06 bits per heavy atom. The molecule has 1 atom stereocenters. The number of morpholine rings is 1. The van der Waals surface area contributed by atoms with Crippen molar-refractivity contribution in [2.75, 3.05) is 24.7 Å². The van der Waals surface area contributed by atoms with Gasteiger partial charge >= 0.3 is 0 Å². The maximum Gasteiger partial charge on any atom is 0.173 e. The Morgan fingerprint density at radius 2 is 2.39 bits per heavy atom. The lowest BCUT2D eigenvalue weighted by molar-refractivity contribution is 0.0989. The van der Waals surface area contributed by atoms with E-state index in [1.165, 1.54) is 0 Å². The molecule has 98 valence electrons. The summed E-state index contributed by atoms with van der Waals surface area (Å²) < 4.78 is 5.40. The number of hydrogen-bond acceptors (Lipinski definition) is 4. The molecule has 1 aromatic rings. The molecule has 1 unspecified atom stereocenters. The first-order chi connectivity index (χ1) is 8.65. The van der Waals surface area contributed by atoms with Gasteiger partial charge in [0.2, 0.25) is 0 Å². The van der Waals surface area contributed by atoms with Crippen molar-refractivity contribution in [2.45, 2.75) is 13.0 Å². The summed E-state index contributed by atoms with van der Waals surface area (Å²) in [6, 6.07) is 5.72. The Balaban J connectivity index is 2.46. The van der Waals surface area contributed by atoms with E-state index in [0.29, 0.717) is 23.8 Å². The number of benzene rings is 1. The molecule has 6 heteroatoms. The fourth-order valence-electron chi connectivity index (χ4n) is 2.14. The summed E-state index contributed by atoms with van der Waals surface area (Å²) in [5, 5.41) is 12.4. The maximum atomic E-state index is 8.86. The highest BCUT2D eigenvalue weighted by atomic mass is 35.5. The average Bonchev–Trinajstić information content (AvgIpc) is 2.38. The summed E-state index contributed by atoms with van der Waals surface area (Å²) in [4.78, 5) is 2.16. The van der Waals surface area contributed by atoms with Crippen LogP contribution < -0.4 is 10.6 Å². The third-order valence-corrected chi connectivity index (χ3v) is 3.35. The van der Waals surface area contributed by atoms with Crippen molar-refractivity contribution in [3.8, 4) is 0 Å². The van der Waals surface area contributed by atoms with E-state index in [2.05, 4.69) is 17.0 Å². The van der Waals surface area contributed by atoms with Crippen molar-refractivity contribution in [1.29, 1.82) is 0 Å². The molecule has 0 amide bonds. The molecule has 0 aromatic heterocycles. The summed E-state index contributed by atoms with van der Waals surface area (Å²) >= 11 is 6.14. The summed E-state index contributed by atoms with van der Waals surface area (Å²) in [6.45, 7) is 4.14. The molecular formula is C12H16ClN3O2. The summed E-state index contributed by atoms with van der Waals surface area (Å²) in [5.41, 5.74) is 7.14. The Morgan fingerprint density at radius 1 is 1.61 bits per heavy atom. The molecule has 1 aliphatic rings. The minimum Gasteiger partial charge on any atom is -0.409 e. The van der Waals surface area contributed by atoms with Crippen molar-refractivity contribution < 1.29 is 9.94 Å². The fourth-order valence-corrected chi connectivity index (χ4v) is 2.41. The van der Waals surface area contributed by atoms with Crippen LogP contribution in [-0.4, -0.2) is 36.8 Å². The third-order valence-electron chi connectivity index (χ3n) is 3.03. The van der Waals surface area contributed by atoms with Crippen LogP contribution in [0.1, 0.15) is 12.5 Å². The standard InChI is InChI=1S/C12H16ClN3O2/c1-8-7-18-6-5-16(8)10-4-2-3-9(13)11(10)12(14)15-17/h2-4,8,17H,5-7H2,1H3,(H2,14,15). The van der Waals surface area contributed by atoms with Crippen LogP contribution in [0.2, 0.25) is 5.02 Å². The molecule has 5 nitrogen and oxygen atoms in total. The number of nitrogens with zero attached hydrogens (tertiary/aromatic N) is 2. The Bertz CT molecular complexity index is 465. The molecular weight excluding hydrogens is 254 g/mol. The maximum absolute atomic E-state index is 8.86. The van der Waals surface area contributed by atoms with Crippen molar-refractivity contribution in [2.24, 2.45) is 10.9 Å². The SMILES string of the molecule is CC1COCCN1c1cccc(Cl)c1C(N)=NO. The van der Waals surface area contributed by atoms with E-state index in [1.807, 2.05) is 12.1 Å². The van der Waals surface area contributed by atoms with Crippen LogP contribution in [0.5, 0.6) is 0 Å². The van der Waals surface area contributed by atoms with Crippen LogP contribution in [0.4, 0.5) is 5.69 Å². The van der Waals surface area contributed by atoms with Gasteiger partial charge in [-0.25, -0.2) is 0 Å². The van der Waals surface area contributed by atoms with E-state index >= 15 is 0 Å². The summed E-state index contributed by atoms with van der Waals surface area (Å²) in [6.07, 6.45) is 0. The van der Waals surface area contributed by atoms with Crippen molar-refractivity contribution in [1.82, 2.24) is 0 Å². The van der Waals surface area contributed by atoms with Crippen molar-refractivity contribution >= 4 is 23.1 Å². The number of anilines is 1. The first kappa shape index (κ1) is 13.0. The first-order valence-corrected chi connectivity index (χ1v) is 6.13. The van der Waals surface area contributed by atoms with Gasteiger partial charge in [-0.05, 0) is 19.1 Å². The van der Waals surface area contributed by atoms with E-state index in [0.717, 1.165) is 12.2 Å². The van der Waals surface area contributed by atoms with Gasteiger partial charge in [0, 0.05) is 18.3 Å². The molecule has 2 rings (SSSR count). The molecule has 0 aliphatic carbocycles. The largest absolute Gasteiger partial charge is 0.409 e. The molecule has 3 N–H and O–H groups in total. The highest BCUT2D eigenvalue weighted by molar-refractivity contribution is 6.34. The van der Waals surface area contributed by atoms with E-state index in [-0.39, 0.29) is 11.9 Å². The lowest BCUT2D eigenvalue weighted by Crippen LogP contribution is -2.44. The Hall–Kier alpha value is -1.46. The number of nitrogens with two attached hydrogens (primary N) is 1. The van der Waals surface area contributed by atoms with Gasteiger partial charge < -0.3 is 20.6 Å². The van der Waals surface area contributed by atoms with Gasteiger partial charge in [-0.1, -0.05) is 22.8 Å². The van der Waals surface area contributed by atoms with E-state index < -0.39 is 0 Å². The van der Waals surface area contributed by atoms with Crippen LogP contribution in [0, 0.1) is 0 Å². The number of halogens is 1. The lowest BCUT2D eigenvalue weighted by Gasteiger charge is -2.36. The van der Waals surface area contributed by atoms with Gasteiger partial charge in [0.1, 0.15) is 0 Å². The number of amidine groups is 1. The predicted octanol–water partition coefficient (Wildman–Crippen LogP) is 1.66. The van der Waals surface area contributed by atoms with Gasteiger partial charge in [0.15, 0.2) is 5.84 Å². The van der Waals surface area contributed by atoms with Gasteiger partial charge in [0.05, 0.1) is 23.8 Å². The van der Waals surface area contributed by atoms with Crippen LogP contribution in [0.15, 0.2) is 23.4 Å². The minimum atomic E-state index is 0.0225. The number of hydrogen-bond donors (Lipinski definition) is 2. The highest BCUT2D eigenvalue weighted by Crippen LogP contribution is 2.29. The molecule has 1 saturated heterocycles. The normalized spacial score (nSPS) is 21.1. The molecule has 18 heavy (non-hydrogen) atoms.